The van der Waals surface area contributed by atoms with Crippen LogP contribution >= 0.6 is 11.8 Å². The number of halogens is 2. The highest BCUT2D eigenvalue weighted by Crippen LogP contribution is 2.22. The van der Waals surface area contributed by atoms with Crippen LogP contribution in [0.25, 0.3) is 11.3 Å². The first-order valence-electron chi connectivity index (χ1n) is 14.3. The Morgan fingerprint density at radius 1 is 0.930 bits per heavy atom. The van der Waals surface area contributed by atoms with Gasteiger partial charge in [0, 0.05) is 48.9 Å². The highest BCUT2D eigenvalue weighted by molar-refractivity contribution is 7.98. The van der Waals surface area contributed by atoms with Gasteiger partial charge in [0.25, 0.3) is 5.56 Å². The molecule has 0 N–H and O–H groups in total. The molecule has 0 saturated carbocycles. The molecule has 0 atom stereocenters. The van der Waals surface area contributed by atoms with E-state index in [4.69, 9.17) is 0 Å². The fourth-order valence-electron chi connectivity index (χ4n) is 4.55. The van der Waals surface area contributed by atoms with Crippen LogP contribution in [-0.2, 0) is 30.3 Å². The summed E-state index contributed by atoms with van der Waals surface area (Å²) in [6.07, 6.45) is 3.44. The maximum absolute atomic E-state index is 13.8. The van der Waals surface area contributed by atoms with Gasteiger partial charge in [-0.15, -0.1) is 0 Å². The summed E-state index contributed by atoms with van der Waals surface area (Å²) in [5, 5.41) is 0.432. The molecular formula is C33H37F2N5O2S. The third kappa shape index (κ3) is 9.05. The molecule has 0 fully saturated rings. The maximum atomic E-state index is 13.8. The molecule has 2 aromatic carbocycles. The lowest BCUT2D eigenvalue weighted by Gasteiger charge is -2.27. The number of nitrogens with zero attached hydrogens (tertiary/aromatic N) is 5. The third-order valence-electron chi connectivity index (χ3n) is 7.25. The number of likely N-dealkylation sites (N-methyl/N-ethyl adjacent to an activating group) is 1. The molecule has 10 heteroatoms. The predicted molar refractivity (Wildman–Crippen MR) is 167 cm³/mol. The number of amides is 1. The summed E-state index contributed by atoms with van der Waals surface area (Å²) in [6, 6.07) is 17.2. The minimum atomic E-state index is -0.507. The number of thioether (sulfide) groups is 1. The summed E-state index contributed by atoms with van der Waals surface area (Å²) in [6.45, 7) is 8.76. The van der Waals surface area contributed by atoms with Crippen LogP contribution in [0.1, 0.15) is 36.1 Å². The lowest BCUT2D eigenvalue weighted by atomic mass is 10.1. The Balaban J connectivity index is 1.52. The zero-order chi connectivity index (χ0) is 30.8. The first-order chi connectivity index (χ1) is 20.8. The Kier molecular flexibility index (Phi) is 11.6. The molecule has 7 nitrogen and oxygen atoms in total. The van der Waals surface area contributed by atoms with Crippen LogP contribution < -0.4 is 5.56 Å². The predicted octanol–water partition coefficient (Wildman–Crippen LogP) is 5.89. The second kappa shape index (κ2) is 15.5. The Morgan fingerprint density at radius 3 is 2.23 bits per heavy atom. The third-order valence-corrected chi connectivity index (χ3v) is 8.31. The maximum Gasteiger partial charge on any atom is 0.276 e. The molecule has 0 bridgehead atoms. The SMILES string of the molecule is CCN(CC)CCN(Cc1ccc(-c2ccc(CF)cc2)nc1)C(=O)Cn1cc(C)c(=O)nc1SCc1ccc(F)cc1. The van der Waals surface area contributed by atoms with Crippen LogP contribution in [0.3, 0.4) is 0 Å². The average molecular weight is 606 g/mol. The summed E-state index contributed by atoms with van der Waals surface area (Å²) in [5.74, 6) is 0.0580. The number of carbonyl (C=O) groups is 1. The van der Waals surface area contributed by atoms with Gasteiger partial charge in [0.1, 0.15) is 19.0 Å². The van der Waals surface area contributed by atoms with Crippen molar-refractivity contribution in [3.8, 4) is 11.3 Å². The molecule has 0 spiro atoms. The largest absolute Gasteiger partial charge is 0.335 e. The smallest absolute Gasteiger partial charge is 0.276 e. The molecule has 4 rings (SSSR count). The summed E-state index contributed by atoms with van der Waals surface area (Å²) >= 11 is 1.33. The van der Waals surface area contributed by atoms with Gasteiger partial charge in [-0.2, -0.15) is 4.98 Å². The molecule has 43 heavy (non-hydrogen) atoms. The first-order valence-corrected chi connectivity index (χ1v) is 15.3. The number of aryl methyl sites for hydroxylation is 1. The standard InChI is InChI=1S/C33H37F2N5O2S/c1-4-38(5-2)16-17-39(21-27-10-15-30(36-19-27)28-11-6-25(18-34)7-12-28)31(41)22-40-20-24(3)32(42)37-33(40)43-23-26-8-13-29(35)14-9-26/h6-15,19-20H,4-5,16-18,21-23H2,1-3H3. The summed E-state index contributed by atoms with van der Waals surface area (Å²) < 4.78 is 28.0. The molecule has 0 unspecified atom stereocenters. The van der Waals surface area contributed by atoms with Crippen molar-refractivity contribution in [2.24, 2.45) is 0 Å². The molecule has 2 aromatic heterocycles. The quantitative estimate of drug-likeness (QED) is 0.132. The second-order valence-electron chi connectivity index (χ2n) is 10.3. The second-order valence-corrected chi connectivity index (χ2v) is 11.2. The van der Waals surface area contributed by atoms with Gasteiger partial charge >= 0.3 is 0 Å². The Hall–Kier alpha value is -3.89. The molecule has 0 radical (unpaired) electrons. The number of carbonyl (C=O) groups excluding carboxylic acids is 1. The molecule has 2 heterocycles. The van der Waals surface area contributed by atoms with Crippen molar-refractivity contribution in [1.29, 1.82) is 0 Å². The zero-order valence-electron chi connectivity index (χ0n) is 24.8. The number of rotatable bonds is 14. The van der Waals surface area contributed by atoms with E-state index in [2.05, 4.69) is 28.7 Å². The van der Waals surface area contributed by atoms with Crippen LogP contribution in [-0.4, -0.2) is 56.4 Å². The van der Waals surface area contributed by atoms with Gasteiger partial charge < -0.3 is 14.4 Å². The van der Waals surface area contributed by atoms with Crippen LogP contribution in [0, 0.1) is 12.7 Å². The van der Waals surface area contributed by atoms with Crippen molar-refractivity contribution in [1.82, 2.24) is 24.3 Å². The number of hydrogen-bond acceptors (Lipinski definition) is 6. The molecule has 0 aliphatic heterocycles. The van der Waals surface area contributed by atoms with E-state index in [0.29, 0.717) is 35.1 Å². The monoisotopic (exact) mass is 605 g/mol. The van der Waals surface area contributed by atoms with E-state index in [1.165, 1.54) is 23.9 Å². The molecule has 226 valence electrons. The zero-order valence-corrected chi connectivity index (χ0v) is 25.6. The molecule has 1 amide bonds. The highest BCUT2D eigenvalue weighted by atomic mass is 32.2. The van der Waals surface area contributed by atoms with Gasteiger partial charge in [0.15, 0.2) is 5.16 Å². The van der Waals surface area contributed by atoms with Gasteiger partial charge in [-0.3, -0.25) is 14.6 Å². The molecule has 0 aliphatic carbocycles. The van der Waals surface area contributed by atoms with Crippen LogP contribution in [0.5, 0.6) is 0 Å². The fraction of sp³-hybridized carbons (Fsp3) is 0.333. The van der Waals surface area contributed by atoms with E-state index < -0.39 is 6.67 Å². The van der Waals surface area contributed by atoms with Gasteiger partial charge in [-0.25, -0.2) is 8.78 Å². The van der Waals surface area contributed by atoms with Crippen LogP contribution in [0.15, 0.2) is 83.0 Å². The Bertz CT molecular complexity index is 1540. The first kappa shape index (κ1) is 32.0. The summed E-state index contributed by atoms with van der Waals surface area (Å²) in [4.78, 5) is 39.1. The van der Waals surface area contributed by atoms with Gasteiger partial charge in [-0.1, -0.05) is 68.1 Å². The van der Waals surface area contributed by atoms with Gasteiger partial charge in [0.05, 0.1) is 5.69 Å². The van der Waals surface area contributed by atoms with E-state index >= 15 is 0 Å². The number of pyridine rings is 1. The lowest BCUT2D eigenvalue weighted by Crippen LogP contribution is -2.40. The van der Waals surface area contributed by atoms with Crippen molar-refractivity contribution in [3.63, 3.8) is 0 Å². The molecule has 0 saturated heterocycles. The van der Waals surface area contributed by atoms with E-state index in [9.17, 15) is 18.4 Å². The van der Waals surface area contributed by atoms with Crippen molar-refractivity contribution in [2.75, 3.05) is 26.2 Å². The van der Waals surface area contributed by atoms with E-state index in [-0.39, 0.29) is 23.8 Å². The van der Waals surface area contributed by atoms with Crippen molar-refractivity contribution in [2.45, 2.75) is 51.4 Å². The normalized spacial score (nSPS) is 11.2. The van der Waals surface area contributed by atoms with Gasteiger partial charge in [-0.05, 0) is 54.9 Å². The average Bonchev–Trinajstić information content (AvgIpc) is 3.03. The van der Waals surface area contributed by atoms with Crippen LogP contribution in [0.4, 0.5) is 8.78 Å². The number of hydrogen-bond donors (Lipinski definition) is 0. The van der Waals surface area contributed by atoms with Crippen LogP contribution in [0.2, 0.25) is 0 Å². The topological polar surface area (TPSA) is 71.3 Å². The number of alkyl halides is 1. The summed E-state index contributed by atoms with van der Waals surface area (Å²) in [7, 11) is 0. The fourth-order valence-corrected chi connectivity index (χ4v) is 5.47. The number of aromatic nitrogens is 3. The Morgan fingerprint density at radius 2 is 1.60 bits per heavy atom. The minimum Gasteiger partial charge on any atom is -0.335 e. The highest BCUT2D eigenvalue weighted by Gasteiger charge is 2.18. The van der Waals surface area contributed by atoms with E-state index in [1.807, 2.05) is 29.2 Å². The minimum absolute atomic E-state index is 0.0184. The summed E-state index contributed by atoms with van der Waals surface area (Å²) in [5.41, 5.74) is 4.17. The molecular weight excluding hydrogens is 568 g/mol. The molecule has 4 aromatic rings. The van der Waals surface area contributed by atoms with Gasteiger partial charge in [0.2, 0.25) is 5.91 Å². The lowest BCUT2D eigenvalue weighted by molar-refractivity contribution is -0.132. The number of benzene rings is 2. The van der Waals surface area contributed by atoms with Crippen molar-refractivity contribution >= 4 is 17.7 Å². The van der Waals surface area contributed by atoms with E-state index in [1.54, 1.807) is 48.1 Å². The molecule has 0 aliphatic rings. The van der Waals surface area contributed by atoms with Crippen molar-refractivity contribution in [3.05, 3.63) is 111 Å². The Labute approximate surface area is 255 Å². The van der Waals surface area contributed by atoms with E-state index in [0.717, 1.165) is 42.0 Å². The van der Waals surface area contributed by atoms with Crippen molar-refractivity contribution < 1.29 is 13.6 Å².